The lowest BCUT2D eigenvalue weighted by Gasteiger charge is -2.24. The van der Waals surface area contributed by atoms with Gasteiger partial charge in [0.2, 0.25) is 0 Å². The molecule has 4 heteroatoms. The van der Waals surface area contributed by atoms with Gasteiger partial charge in [0.25, 0.3) is 0 Å². The summed E-state index contributed by atoms with van der Waals surface area (Å²) in [5.74, 6) is 0.435. The molecule has 3 N–H and O–H groups in total. The zero-order chi connectivity index (χ0) is 11.0. The molecule has 1 aliphatic rings. The second-order valence-electron chi connectivity index (χ2n) is 4.82. The Labute approximate surface area is 90.8 Å². The molecule has 0 saturated heterocycles. The minimum absolute atomic E-state index is 0.0523. The van der Waals surface area contributed by atoms with Crippen LogP contribution in [0.15, 0.2) is 0 Å². The van der Waals surface area contributed by atoms with Gasteiger partial charge in [-0.3, -0.25) is 5.10 Å². The number of hydrogen-bond acceptors (Lipinski definition) is 3. The van der Waals surface area contributed by atoms with Crippen molar-refractivity contribution in [2.24, 2.45) is 11.7 Å². The molecule has 2 rings (SSSR count). The van der Waals surface area contributed by atoms with Gasteiger partial charge in [0.15, 0.2) is 0 Å². The number of aromatic amines is 1. The van der Waals surface area contributed by atoms with Gasteiger partial charge in [-0.2, -0.15) is 5.10 Å². The van der Waals surface area contributed by atoms with Gasteiger partial charge in [-0.05, 0) is 13.0 Å². The van der Waals surface area contributed by atoms with Crippen molar-refractivity contribution in [3.8, 4) is 0 Å². The van der Waals surface area contributed by atoms with Crippen LogP contribution in [0.3, 0.4) is 0 Å². The Balaban J connectivity index is 2.30. The van der Waals surface area contributed by atoms with E-state index in [2.05, 4.69) is 36.0 Å². The first-order chi connectivity index (χ1) is 7.09. The van der Waals surface area contributed by atoms with E-state index in [-0.39, 0.29) is 6.04 Å². The van der Waals surface area contributed by atoms with Crippen molar-refractivity contribution in [2.45, 2.75) is 32.9 Å². The average molecular weight is 208 g/mol. The Bertz CT molecular complexity index is 342. The number of fused-ring (bicyclic) bond motifs is 1. The van der Waals surface area contributed by atoms with Gasteiger partial charge < -0.3 is 10.6 Å². The first-order valence-corrected chi connectivity index (χ1v) is 5.59. The smallest absolute Gasteiger partial charge is 0.0839 e. The zero-order valence-corrected chi connectivity index (χ0v) is 9.75. The molecule has 0 spiro atoms. The van der Waals surface area contributed by atoms with Crippen LogP contribution < -0.4 is 5.73 Å². The highest BCUT2D eigenvalue weighted by molar-refractivity contribution is 5.29. The molecule has 4 nitrogen and oxygen atoms in total. The number of nitrogens with two attached hydrogens (primary N) is 1. The minimum atomic E-state index is 0.0523. The van der Waals surface area contributed by atoms with E-state index in [1.807, 2.05) is 0 Å². The molecule has 0 unspecified atom stereocenters. The number of H-pyrrole nitrogens is 1. The maximum atomic E-state index is 6.15. The second-order valence-corrected chi connectivity index (χ2v) is 4.82. The zero-order valence-electron chi connectivity index (χ0n) is 9.75. The number of likely N-dealkylation sites (N-methyl/N-ethyl adjacent to an activating group) is 1. The third-order valence-electron chi connectivity index (χ3n) is 3.19. The predicted molar refractivity (Wildman–Crippen MR) is 60.4 cm³/mol. The molecule has 84 valence electrons. The van der Waals surface area contributed by atoms with Crippen molar-refractivity contribution in [1.82, 2.24) is 15.1 Å². The molecule has 0 aromatic carbocycles. The van der Waals surface area contributed by atoms with Crippen LogP contribution in [0.25, 0.3) is 0 Å². The van der Waals surface area contributed by atoms with Crippen LogP contribution in [0.2, 0.25) is 0 Å². The van der Waals surface area contributed by atoms with Crippen molar-refractivity contribution in [2.75, 3.05) is 13.6 Å². The fourth-order valence-corrected chi connectivity index (χ4v) is 2.04. The summed E-state index contributed by atoms with van der Waals surface area (Å²) >= 11 is 0. The van der Waals surface area contributed by atoms with Crippen molar-refractivity contribution in [3.05, 3.63) is 17.0 Å². The average Bonchev–Trinajstić information content (AvgIpc) is 2.59. The third kappa shape index (κ3) is 1.92. The number of aromatic nitrogens is 2. The van der Waals surface area contributed by atoms with Gasteiger partial charge in [-0.25, -0.2) is 0 Å². The summed E-state index contributed by atoms with van der Waals surface area (Å²) in [5.41, 5.74) is 9.81. The Morgan fingerprint density at radius 2 is 2.20 bits per heavy atom. The highest BCUT2D eigenvalue weighted by Gasteiger charge is 2.24. The fourth-order valence-electron chi connectivity index (χ4n) is 2.04. The van der Waals surface area contributed by atoms with Crippen molar-refractivity contribution >= 4 is 0 Å². The summed E-state index contributed by atoms with van der Waals surface area (Å²) in [6.45, 7) is 6.35. The Kier molecular flexibility index (Phi) is 2.80. The summed E-state index contributed by atoms with van der Waals surface area (Å²) < 4.78 is 0. The summed E-state index contributed by atoms with van der Waals surface area (Å²) in [6.07, 6.45) is 1.06. The molecule has 2 heterocycles. The number of nitrogens with zero attached hydrogens (tertiary/aromatic N) is 2. The monoisotopic (exact) mass is 208 g/mol. The van der Waals surface area contributed by atoms with E-state index < -0.39 is 0 Å². The predicted octanol–water partition coefficient (Wildman–Crippen LogP) is 1.05. The molecule has 0 aliphatic carbocycles. The molecule has 0 bridgehead atoms. The molecule has 1 aromatic heterocycles. The van der Waals surface area contributed by atoms with Crippen molar-refractivity contribution < 1.29 is 0 Å². The highest BCUT2D eigenvalue weighted by atomic mass is 15.2. The summed E-state index contributed by atoms with van der Waals surface area (Å²) in [7, 11) is 2.14. The standard InChI is InChI=1S/C11H20N4/c1-7(2)10(12)11-8-6-15(3)5-4-9(8)13-14-11/h7,10H,4-6,12H2,1-3H3,(H,13,14)/t10-/m0/s1. The maximum Gasteiger partial charge on any atom is 0.0839 e. The van der Waals surface area contributed by atoms with Crippen LogP contribution in [-0.2, 0) is 13.0 Å². The lowest BCUT2D eigenvalue weighted by atomic mass is 9.96. The first-order valence-electron chi connectivity index (χ1n) is 5.59. The Hall–Kier alpha value is -0.870. The molecule has 1 aliphatic heterocycles. The quantitative estimate of drug-likeness (QED) is 0.764. The van der Waals surface area contributed by atoms with Gasteiger partial charge in [-0.1, -0.05) is 13.8 Å². The van der Waals surface area contributed by atoms with Gasteiger partial charge in [-0.15, -0.1) is 0 Å². The van der Waals surface area contributed by atoms with Gasteiger partial charge in [0.05, 0.1) is 11.7 Å². The fraction of sp³-hybridized carbons (Fsp3) is 0.727. The van der Waals surface area contributed by atoms with Gasteiger partial charge in [0.1, 0.15) is 0 Å². The Morgan fingerprint density at radius 1 is 1.47 bits per heavy atom. The van der Waals surface area contributed by atoms with Crippen molar-refractivity contribution in [3.63, 3.8) is 0 Å². The largest absolute Gasteiger partial charge is 0.322 e. The van der Waals surface area contributed by atoms with E-state index in [4.69, 9.17) is 5.73 Å². The summed E-state index contributed by atoms with van der Waals surface area (Å²) in [4.78, 5) is 2.31. The molecule has 15 heavy (non-hydrogen) atoms. The molecule has 1 atom stereocenters. The van der Waals surface area contributed by atoms with Crippen molar-refractivity contribution in [1.29, 1.82) is 0 Å². The SMILES string of the molecule is CC(C)[C@H](N)c1n[nH]c2c1CN(C)CC2. The Morgan fingerprint density at radius 3 is 2.87 bits per heavy atom. The van der Waals surface area contributed by atoms with Gasteiger partial charge >= 0.3 is 0 Å². The summed E-state index contributed by atoms with van der Waals surface area (Å²) in [6, 6.07) is 0.0523. The van der Waals surface area contributed by atoms with E-state index >= 15 is 0 Å². The molecule has 0 radical (unpaired) electrons. The van der Waals surface area contributed by atoms with E-state index in [0.717, 1.165) is 25.2 Å². The number of nitrogens with one attached hydrogen (secondary N) is 1. The lowest BCUT2D eigenvalue weighted by Crippen LogP contribution is -2.28. The lowest BCUT2D eigenvalue weighted by molar-refractivity contribution is 0.309. The van der Waals surface area contributed by atoms with E-state index in [1.165, 1.54) is 11.3 Å². The molecular formula is C11H20N4. The molecule has 0 saturated carbocycles. The number of hydrogen-bond donors (Lipinski definition) is 2. The molecule has 0 amide bonds. The molecule has 1 aromatic rings. The minimum Gasteiger partial charge on any atom is -0.322 e. The maximum absolute atomic E-state index is 6.15. The first kappa shape index (κ1) is 10.6. The number of rotatable bonds is 2. The van der Waals surface area contributed by atoms with Crippen LogP contribution in [0.5, 0.6) is 0 Å². The topological polar surface area (TPSA) is 57.9 Å². The van der Waals surface area contributed by atoms with Crippen LogP contribution in [-0.4, -0.2) is 28.7 Å². The second kappa shape index (κ2) is 3.94. The summed E-state index contributed by atoms with van der Waals surface area (Å²) in [5, 5.41) is 7.50. The molecule has 0 fully saturated rings. The van der Waals surface area contributed by atoms with Crippen LogP contribution >= 0.6 is 0 Å². The van der Waals surface area contributed by atoms with E-state index in [1.54, 1.807) is 0 Å². The van der Waals surface area contributed by atoms with Crippen LogP contribution in [0.4, 0.5) is 0 Å². The van der Waals surface area contributed by atoms with E-state index in [9.17, 15) is 0 Å². The third-order valence-corrected chi connectivity index (χ3v) is 3.19. The highest BCUT2D eigenvalue weighted by Crippen LogP contribution is 2.26. The van der Waals surface area contributed by atoms with Crippen LogP contribution in [0, 0.1) is 5.92 Å². The van der Waals surface area contributed by atoms with Gasteiger partial charge in [0, 0.05) is 30.8 Å². The molecular weight excluding hydrogens is 188 g/mol. The van der Waals surface area contributed by atoms with Crippen LogP contribution in [0.1, 0.15) is 36.8 Å². The van der Waals surface area contributed by atoms with E-state index in [0.29, 0.717) is 5.92 Å². The normalized spacial score (nSPS) is 19.3.